The molecule has 37 heavy (non-hydrogen) atoms. The van der Waals surface area contributed by atoms with Crippen LogP contribution < -0.4 is 16.4 Å². The monoisotopic (exact) mass is 516 g/mol. The van der Waals surface area contributed by atoms with Gasteiger partial charge >= 0.3 is 0 Å². The normalized spacial score (nSPS) is 27.0. The van der Waals surface area contributed by atoms with E-state index < -0.39 is 59.7 Å². The van der Waals surface area contributed by atoms with E-state index >= 15 is 0 Å². The number of carbonyl (C=O) groups is 3. The molecule has 0 spiro atoms. The van der Waals surface area contributed by atoms with Crippen LogP contribution in [0.25, 0.3) is 5.76 Å². The number of aliphatic hydroxyl groups is 3. The number of piperidine rings is 1. The van der Waals surface area contributed by atoms with E-state index in [1.165, 1.54) is 0 Å². The first-order chi connectivity index (χ1) is 17.5. The summed E-state index contributed by atoms with van der Waals surface area (Å²) in [5.74, 6) is -5.42. The summed E-state index contributed by atoms with van der Waals surface area (Å²) in [6.07, 6.45) is 1.22. The maximum absolute atomic E-state index is 13.8. The summed E-state index contributed by atoms with van der Waals surface area (Å²) in [6.45, 7) is 1.24. The van der Waals surface area contributed by atoms with E-state index in [0.29, 0.717) is 11.3 Å². The summed E-state index contributed by atoms with van der Waals surface area (Å²) in [4.78, 5) is 40.1. The molecule has 0 bridgehead atoms. The molecule has 1 aromatic carbocycles. The highest BCUT2D eigenvalue weighted by Gasteiger charge is 2.60. The Hall–Kier alpha value is -2.99. The Morgan fingerprint density at radius 2 is 1.92 bits per heavy atom. The predicted molar refractivity (Wildman–Crippen MR) is 136 cm³/mol. The van der Waals surface area contributed by atoms with E-state index in [9.17, 15) is 34.8 Å². The van der Waals surface area contributed by atoms with Crippen molar-refractivity contribution in [1.82, 2.24) is 10.2 Å². The smallest absolute Gasteiger partial charge is 0.225 e. The molecule has 2 aliphatic carbocycles. The molecule has 8 N–H and O–H groups in total. The number of carbonyl (C=O) groups excluding carboxylic acids is 3. The Labute approximate surface area is 215 Å². The van der Waals surface area contributed by atoms with Gasteiger partial charge in [-0.1, -0.05) is 6.07 Å². The third-order valence-electron chi connectivity index (χ3n) is 8.07. The number of ketones is 2. The number of benzene rings is 1. The average Bonchev–Trinajstić information content (AvgIpc) is 2.84. The quantitative estimate of drug-likeness (QED) is 0.178. The number of hydrogen-bond acceptors (Lipinski definition) is 10. The predicted octanol–water partition coefficient (Wildman–Crippen LogP) is -0.315. The first-order valence-electron chi connectivity index (χ1n) is 12.6. The summed E-state index contributed by atoms with van der Waals surface area (Å²) in [7, 11) is 3.30. The molecule has 0 unspecified atom stereocenters. The van der Waals surface area contributed by atoms with Crippen LogP contribution in [0.15, 0.2) is 17.7 Å². The van der Waals surface area contributed by atoms with Crippen LogP contribution in [-0.2, 0) is 20.8 Å². The van der Waals surface area contributed by atoms with Crippen LogP contribution in [0.1, 0.15) is 36.8 Å². The van der Waals surface area contributed by atoms with Crippen molar-refractivity contribution < 1.29 is 34.8 Å². The van der Waals surface area contributed by atoms with Crippen molar-refractivity contribution in [3.63, 3.8) is 0 Å². The second-order valence-electron chi connectivity index (χ2n) is 10.5. The number of likely N-dealkylation sites (N-methyl/N-ethyl adjacent to an activating group) is 1. The van der Waals surface area contributed by atoms with Gasteiger partial charge in [-0.3, -0.25) is 14.4 Å². The van der Waals surface area contributed by atoms with Crippen LogP contribution in [0.2, 0.25) is 0 Å². The molecule has 4 rings (SSSR count). The molecule has 1 heterocycles. The zero-order valence-electron chi connectivity index (χ0n) is 21.2. The highest BCUT2D eigenvalue weighted by Crippen LogP contribution is 2.50. The molecule has 1 saturated heterocycles. The number of nitrogens with zero attached hydrogens (tertiary/aromatic N) is 1. The van der Waals surface area contributed by atoms with Gasteiger partial charge < -0.3 is 41.7 Å². The minimum atomic E-state index is -2.68. The number of anilines is 1. The van der Waals surface area contributed by atoms with Crippen molar-refractivity contribution in [2.75, 3.05) is 39.1 Å². The fourth-order valence-corrected chi connectivity index (χ4v) is 6.12. The Morgan fingerprint density at radius 3 is 2.51 bits per heavy atom. The van der Waals surface area contributed by atoms with Crippen molar-refractivity contribution in [3.05, 3.63) is 28.8 Å². The topological polar surface area (TPSA) is 185 Å². The minimum absolute atomic E-state index is 0.0881. The molecule has 11 heteroatoms. The van der Waals surface area contributed by atoms with E-state index in [0.717, 1.165) is 25.9 Å². The number of nitrogens with one attached hydrogen (secondary N) is 2. The van der Waals surface area contributed by atoms with Gasteiger partial charge in [-0.2, -0.15) is 0 Å². The molecule has 3 aliphatic rings. The Bertz CT molecular complexity index is 1130. The Kier molecular flexibility index (Phi) is 7.61. The minimum Gasteiger partial charge on any atom is -0.507 e. The summed E-state index contributed by atoms with van der Waals surface area (Å²) < 4.78 is 0. The summed E-state index contributed by atoms with van der Waals surface area (Å²) >= 11 is 0. The highest BCUT2D eigenvalue weighted by atomic mass is 16.3. The largest absolute Gasteiger partial charge is 0.507 e. The fourth-order valence-electron chi connectivity index (χ4n) is 6.12. The van der Waals surface area contributed by atoms with Gasteiger partial charge in [0.05, 0.1) is 24.3 Å². The summed E-state index contributed by atoms with van der Waals surface area (Å²) in [6, 6.07) is 2.89. The lowest BCUT2D eigenvalue weighted by molar-refractivity contribution is -0.163. The SMILES string of the molecule is CN(C)[C@H](CO)[C@@H]1C[C@@H]2Cc3ccc(NC4CCNCC4)c(O)c3C(O)=C2C(=O)[C@]1(O)C(=O)CC(N)=O. The number of aromatic hydroxyl groups is 1. The maximum Gasteiger partial charge on any atom is 0.225 e. The molecule has 0 aromatic heterocycles. The molecule has 11 nitrogen and oxygen atoms in total. The molecular formula is C26H36N4O7. The first-order valence-corrected chi connectivity index (χ1v) is 12.6. The number of nitrogens with two attached hydrogens (primary N) is 1. The first kappa shape index (κ1) is 27.1. The van der Waals surface area contributed by atoms with Crippen LogP contribution in [0.3, 0.4) is 0 Å². The standard InChI is InChI=1S/C26H36N4O7/c1-30(2)18(12-31)16-10-14-9-13-3-4-17(29-15-5-7-28-8-6-15)23(34)21(13)24(35)22(14)25(36)26(16,37)19(32)11-20(27)33/h3-4,14-16,18,28-29,31,34-35,37H,5-12H2,1-2H3,(H2,27,33)/t14-,16-,18+,26+/m0/s1. The molecule has 202 valence electrons. The molecule has 4 atom stereocenters. The van der Waals surface area contributed by atoms with Crippen LogP contribution in [-0.4, -0.2) is 94.3 Å². The van der Waals surface area contributed by atoms with Crippen LogP contribution >= 0.6 is 0 Å². The number of hydrogen-bond donors (Lipinski definition) is 7. The Morgan fingerprint density at radius 1 is 1.24 bits per heavy atom. The molecule has 1 amide bonds. The van der Waals surface area contributed by atoms with Gasteiger partial charge in [0.25, 0.3) is 0 Å². The lowest BCUT2D eigenvalue weighted by Crippen LogP contribution is -2.64. The summed E-state index contributed by atoms with van der Waals surface area (Å²) in [5, 5.41) is 50.7. The second-order valence-corrected chi connectivity index (χ2v) is 10.5. The van der Waals surface area contributed by atoms with Gasteiger partial charge in [0.2, 0.25) is 11.7 Å². The van der Waals surface area contributed by atoms with Crippen LogP contribution in [0.5, 0.6) is 5.75 Å². The number of rotatable bonds is 8. The second kappa shape index (κ2) is 10.4. The van der Waals surface area contributed by atoms with E-state index in [4.69, 9.17) is 5.73 Å². The lowest BCUT2D eigenvalue weighted by atomic mass is 9.60. The zero-order chi connectivity index (χ0) is 27.1. The third-order valence-corrected chi connectivity index (χ3v) is 8.07. The molecule has 2 fully saturated rings. The van der Waals surface area contributed by atoms with Crippen LogP contribution in [0.4, 0.5) is 5.69 Å². The number of phenolic OH excluding ortho intramolecular Hbond substituents is 1. The van der Waals surface area contributed by atoms with E-state index in [1.54, 1.807) is 31.1 Å². The number of fused-ring (bicyclic) bond motifs is 2. The number of phenols is 1. The molecule has 1 aliphatic heterocycles. The van der Waals surface area contributed by atoms with Gasteiger partial charge in [-0.15, -0.1) is 0 Å². The van der Waals surface area contributed by atoms with Gasteiger partial charge in [0.15, 0.2) is 11.4 Å². The van der Waals surface area contributed by atoms with Crippen LogP contribution in [0, 0.1) is 11.8 Å². The van der Waals surface area contributed by atoms with Crippen molar-refractivity contribution in [3.8, 4) is 5.75 Å². The average molecular weight is 517 g/mol. The highest BCUT2D eigenvalue weighted by molar-refractivity contribution is 6.23. The van der Waals surface area contributed by atoms with Gasteiger partial charge in [-0.05, 0) is 70.4 Å². The van der Waals surface area contributed by atoms with Crippen molar-refractivity contribution in [2.24, 2.45) is 17.6 Å². The van der Waals surface area contributed by atoms with E-state index in [2.05, 4.69) is 10.6 Å². The molecular weight excluding hydrogens is 480 g/mol. The number of aliphatic hydroxyl groups excluding tert-OH is 2. The van der Waals surface area contributed by atoms with Gasteiger partial charge in [-0.25, -0.2) is 0 Å². The van der Waals surface area contributed by atoms with Crippen molar-refractivity contribution >= 4 is 28.9 Å². The number of Topliss-reactive ketones (excluding diaryl/α,β-unsaturated/α-hetero) is 2. The number of primary amides is 1. The molecule has 1 saturated carbocycles. The van der Waals surface area contributed by atoms with Gasteiger partial charge in [0.1, 0.15) is 11.5 Å². The number of amides is 1. The van der Waals surface area contributed by atoms with Crippen molar-refractivity contribution in [1.29, 1.82) is 0 Å². The fraction of sp³-hybridized carbons (Fsp3) is 0.577. The van der Waals surface area contributed by atoms with Gasteiger partial charge in [0, 0.05) is 23.6 Å². The molecule has 1 aromatic rings. The maximum atomic E-state index is 13.8. The lowest BCUT2D eigenvalue weighted by Gasteiger charge is -2.47. The van der Waals surface area contributed by atoms with E-state index in [-0.39, 0.29) is 35.8 Å². The summed E-state index contributed by atoms with van der Waals surface area (Å²) in [5.41, 5.74) is 3.51. The molecule has 0 radical (unpaired) electrons. The van der Waals surface area contributed by atoms with Crippen molar-refractivity contribution in [2.45, 2.75) is 49.8 Å². The van der Waals surface area contributed by atoms with E-state index in [1.807, 2.05) is 0 Å². The third kappa shape index (κ3) is 4.72. The zero-order valence-corrected chi connectivity index (χ0v) is 21.2. The Balaban J connectivity index is 1.79.